The van der Waals surface area contributed by atoms with E-state index in [-0.39, 0.29) is 0 Å². The molecule has 0 radical (unpaired) electrons. The van der Waals surface area contributed by atoms with Gasteiger partial charge in [-0.15, -0.1) is 0 Å². The third kappa shape index (κ3) is 12.0. The molecular weight excluding hydrogens is 268 g/mol. The highest BCUT2D eigenvalue weighted by Crippen LogP contribution is 2.13. The number of hydrogen-bond acceptors (Lipinski definition) is 1. The van der Waals surface area contributed by atoms with Crippen LogP contribution in [0.3, 0.4) is 0 Å². The first-order chi connectivity index (χ1) is 10.9. The molecule has 1 aliphatic heterocycles. The number of hydrogen-bond donors (Lipinski definition) is 1. The third-order valence-electron chi connectivity index (χ3n) is 5.27. The zero-order chi connectivity index (χ0) is 16.5. The molecule has 0 aromatic rings. The molecular formula is C20H40N2. The highest BCUT2D eigenvalue weighted by Gasteiger charge is 2.19. The maximum Gasteiger partial charge on any atom is 0.0773 e. The summed E-state index contributed by atoms with van der Waals surface area (Å²) in [5.74, 6) is 1.05. The van der Waals surface area contributed by atoms with Gasteiger partial charge in [0.05, 0.1) is 19.6 Å². The van der Waals surface area contributed by atoms with E-state index in [9.17, 15) is 0 Å². The Morgan fingerprint density at radius 3 is 1.68 bits per heavy atom. The van der Waals surface area contributed by atoms with Gasteiger partial charge in [-0.3, -0.25) is 0 Å². The number of nitrogens with zero attached hydrogens (tertiary/aromatic N) is 1. The number of quaternary nitrogens is 1. The lowest BCUT2D eigenvalue weighted by Crippen LogP contribution is -3.13. The largest absolute Gasteiger partial charge is 0.512 e. The minimum absolute atomic E-state index is 1.05. The van der Waals surface area contributed by atoms with Crippen molar-refractivity contribution in [1.82, 2.24) is 0 Å². The quantitative estimate of drug-likeness (QED) is 0.410. The molecule has 22 heavy (non-hydrogen) atoms. The van der Waals surface area contributed by atoms with Crippen molar-refractivity contribution >= 4 is 0 Å². The van der Waals surface area contributed by atoms with Gasteiger partial charge in [-0.2, -0.15) is 0 Å². The molecule has 2 nitrogen and oxygen atoms in total. The molecule has 0 amide bonds. The van der Waals surface area contributed by atoms with Crippen molar-refractivity contribution in [3.63, 3.8) is 0 Å². The van der Waals surface area contributed by atoms with Gasteiger partial charge in [-0.25, -0.2) is 0 Å². The van der Waals surface area contributed by atoms with Crippen LogP contribution in [-0.4, -0.2) is 19.6 Å². The van der Waals surface area contributed by atoms with E-state index in [1.807, 2.05) is 4.90 Å². The van der Waals surface area contributed by atoms with E-state index >= 15 is 0 Å². The minimum Gasteiger partial charge on any atom is -0.512 e. The Labute approximate surface area is 140 Å². The van der Waals surface area contributed by atoms with E-state index in [0.717, 1.165) is 5.92 Å². The van der Waals surface area contributed by atoms with E-state index in [4.69, 9.17) is 11.8 Å². The molecule has 0 unspecified atom stereocenters. The van der Waals surface area contributed by atoms with Crippen LogP contribution in [0, 0.1) is 17.8 Å². The summed E-state index contributed by atoms with van der Waals surface area (Å²) in [6, 6.07) is 0. The Bertz CT molecular complexity index is 229. The fourth-order valence-electron chi connectivity index (χ4n) is 3.61. The third-order valence-corrected chi connectivity index (χ3v) is 5.27. The topological polar surface area (TPSA) is 28.2 Å². The lowest BCUT2D eigenvalue weighted by atomic mass is 9.94. The first kappa shape index (κ1) is 21.4. The summed E-state index contributed by atoms with van der Waals surface area (Å²) in [6.45, 7) is 13.8. The van der Waals surface area contributed by atoms with E-state index in [0.29, 0.717) is 0 Å². The van der Waals surface area contributed by atoms with Gasteiger partial charge in [0.25, 0.3) is 0 Å². The maximum atomic E-state index is 6.25. The van der Waals surface area contributed by atoms with E-state index in [1.165, 1.54) is 103 Å². The van der Waals surface area contributed by atoms with Gasteiger partial charge >= 0.3 is 0 Å². The van der Waals surface area contributed by atoms with Gasteiger partial charge < -0.3 is 16.7 Å². The molecule has 0 aromatic carbocycles. The molecule has 0 aliphatic carbocycles. The van der Waals surface area contributed by atoms with Gasteiger partial charge in [0.2, 0.25) is 0 Å². The van der Waals surface area contributed by atoms with Crippen molar-refractivity contribution < 1.29 is 4.90 Å². The Morgan fingerprint density at radius 1 is 0.773 bits per heavy atom. The van der Waals surface area contributed by atoms with Crippen LogP contribution in [0.15, 0.2) is 0 Å². The van der Waals surface area contributed by atoms with Crippen LogP contribution in [0.1, 0.15) is 97.3 Å². The van der Waals surface area contributed by atoms with E-state index in [2.05, 4.69) is 13.8 Å². The lowest BCUT2D eigenvalue weighted by Gasteiger charge is -2.28. The van der Waals surface area contributed by atoms with Crippen molar-refractivity contribution in [3.8, 4) is 0 Å². The molecule has 1 rings (SSSR count). The Kier molecular flexibility index (Phi) is 16.4. The van der Waals surface area contributed by atoms with Crippen molar-refractivity contribution in [2.75, 3.05) is 19.6 Å². The molecule has 0 aromatic heterocycles. The Hall–Kier alpha value is -0.550. The molecule has 1 fully saturated rings. The number of rotatable bonds is 12. The predicted molar refractivity (Wildman–Crippen MR) is 95.4 cm³/mol. The average Bonchev–Trinajstić information content (AvgIpc) is 2.59. The van der Waals surface area contributed by atoms with Crippen LogP contribution in [0.25, 0.3) is 0 Å². The van der Waals surface area contributed by atoms with Crippen molar-refractivity contribution in [2.24, 2.45) is 5.92 Å². The molecule has 0 atom stereocenters. The average molecular weight is 309 g/mol. The van der Waals surface area contributed by atoms with Crippen molar-refractivity contribution in [3.05, 3.63) is 6.57 Å². The standard InChI is InChI=1S/C19H39N.CN/c1-3-5-6-7-8-9-10-11-12-13-16-20-17-14-19(4-2)15-18-20;1-2/h19H,3-18H2,1-2H3;/q;-1/p+1. The highest BCUT2D eigenvalue weighted by molar-refractivity contribution is 4.59. The molecule has 2 heteroatoms. The summed E-state index contributed by atoms with van der Waals surface area (Å²) in [7, 11) is 0. The molecule has 1 aliphatic rings. The SMILES string of the molecule is CCCCCCCCCCCC[NH+]1CCC(CC)CC1.[C-]#N. The Balaban J connectivity index is 0.00000211. The predicted octanol–water partition coefficient (Wildman–Crippen LogP) is 4.71. The summed E-state index contributed by atoms with van der Waals surface area (Å²) in [5.41, 5.74) is 0. The van der Waals surface area contributed by atoms with Crippen molar-refractivity contribution in [2.45, 2.75) is 97.3 Å². The van der Waals surface area contributed by atoms with Gasteiger partial charge in [0.1, 0.15) is 0 Å². The summed E-state index contributed by atoms with van der Waals surface area (Å²) in [6.07, 6.45) is 19.0. The maximum absolute atomic E-state index is 6.25. The second-order valence-corrected chi connectivity index (χ2v) is 7.03. The molecule has 1 heterocycles. The van der Waals surface area contributed by atoms with E-state index in [1.54, 1.807) is 0 Å². The highest BCUT2D eigenvalue weighted by atomic mass is 15.1. The molecule has 1 N–H and O–H groups in total. The molecule has 0 spiro atoms. The molecule has 0 bridgehead atoms. The fraction of sp³-hybridized carbons (Fsp3) is 0.950. The van der Waals surface area contributed by atoms with Crippen LogP contribution in [0.5, 0.6) is 0 Å². The van der Waals surface area contributed by atoms with Crippen LogP contribution >= 0.6 is 0 Å². The number of nitrogens with one attached hydrogen (secondary N) is 1. The second kappa shape index (κ2) is 16.8. The number of piperidine rings is 1. The van der Waals surface area contributed by atoms with Gasteiger partial charge in [-0.05, 0) is 31.6 Å². The van der Waals surface area contributed by atoms with Gasteiger partial charge in [-0.1, -0.05) is 71.6 Å². The monoisotopic (exact) mass is 308 g/mol. The van der Waals surface area contributed by atoms with Crippen LogP contribution in [0.2, 0.25) is 0 Å². The van der Waals surface area contributed by atoms with E-state index < -0.39 is 0 Å². The van der Waals surface area contributed by atoms with Crippen LogP contribution in [-0.2, 0) is 0 Å². The molecule has 1 saturated heterocycles. The Morgan fingerprint density at radius 2 is 1.23 bits per heavy atom. The summed E-state index contributed by atoms with van der Waals surface area (Å²) in [5, 5.41) is 6.25. The van der Waals surface area contributed by atoms with Crippen molar-refractivity contribution in [1.29, 1.82) is 5.26 Å². The summed E-state index contributed by atoms with van der Waals surface area (Å²) < 4.78 is 0. The zero-order valence-corrected chi connectivity index (χ0v) is 15.3. The first-order valence-electron chi connectivity index (χ1n) is 9.92. The number of likely N-dealkylation sites (tertiary alicyclic amines) is 1. The van der Waals surface area contributed by atoms with Crippen LogP contribution in [0.4, 0.5) is 0 Å². The summed E-state index contributed by atoms with van der Waals surface area (Å²) in [4.78, 5) is 1.90. The van der Waals surface area contributed by atoms with Gasteiger partial charge in [0.15, 0.2) is 0 Å². The normalized spacial score (nSPS) is 21.1. The summed E-state index contributed by atoms with van der Waals surface area (Å²) >= 11 is 0. The smallest absolute Gasteiger partial charge is 0.0773 e. The zero-order valence-electron chi connectivity index (χ0n) is 15.3. The fourth-order valence-corrected chi connectivity index (χ4v) is 3.61. The second-order valence-electron chi connectivity index (χ2n) is 7.03. The van der Waals surface area contributed by atoms with Crippen LogP contribution < -0.4 is 4.90 Å². The first-order valence-corrected chi connectivity index (χ1v) is 9.92. The minimum atomic E-state index is 1.05. The number of unbranched alkanes of at least 4 members (excludes halogenated alkanes) is 9. The lowest BCUT2D eigenvalue weighted by molar-refractivity contribution is -0.906. The molecule has 0 saturated carbocycles. The molecule has 130 valence electrons. The van der Waals surface area contributed by atoms with Gasteiger partial charge in [0, 0.05) is 0 Å².